The van der Waals surface area contributed by atoms with E-state index in [2.05, 4.69) is 18.0 Å². The van der Waals surface area contributed by atoms with E-state index in [9.17, 15) is 0 Å². The molecule has 0 aromatic rings. The van der Waals surface area contributed by atoms with Crippen molar-refractivity contribution < 1.29 is 0 Å². The molecule has 11 heavy (non-hydrogen) atoms. The summed E-state index contributed by atoms with van der Waals surface area (Å²) in [6.45, 7) is 2.31. The zero-order chi connectivity index (χ0) is 8.10. The van der Waals surface area contributed by atoms with Crippen LogP contribution in [0.2, 0.25) is 0 Å². The van der Waals surface area contributed by atoms with Crippen LogP contribution in [-0.2, 0) is 0 Å². The van der Waals surface area contributed by atoms with Gasteiger partial charge in [0.05, 0.1) is 0 Å². The van der Waals surface area contributed by atoms with Gasteiger partial charge in [0.2, 0.25) is 0 Å². The molecule has 0 saturated heterocycles. The minimum absolute atomic E-state index is 0.793. The Bertz CT molecular complexity index is 168. The first-order valence-electron chi connectivity index (χ1n) is 4.46. The van der Waals surface area contributed by atoms with Crippen molar-refractivity contribution in [1.82, 2.24) is 0 Å². The molecule has 62 valence electrons. The van der Waals surface area contributed by atoms with Gasteiger partial charge in [-0.3, -0.25) is 4.99 Å². The Morgan fingerprint density at radius 1 is 1.45 bits per heavy atom. The van der Waals surface area contributed by atoms with Crippen molar-refractivity contribution in [2.24, 2.45) is 10.9 Å². The zero-order valence-corrected chi connectivity index (χ0v) is 7.51. The summed E-state index contributed by atoms with van der Waals surface area (Å²) in [7, 11) is 1.82. The third-order valence-electron chi connectivity index (χ3n) is 2.42. The molecule has 1 aliphatic rings. The lowest BCUT2D eigenvalue weighted by atomic mass is 9.85. The molecule has 1 unspecified atom stereocenters. The summed E-state index contributed by atoms with van der Waals surface area (Å²) in [6, 6.07) is 0. The number of rotatable bonds is 1. The summed E-state index contributed by atoms with van der Waals surface area (Å²) in [5.74, 6) is 0.793. The monoisotopic (exact) mass is 151 g/mol. The number of hydrogen-bond acceptors (Lipinski definition) is 1. The van der Waals surface area contributed by atoms with Gasteiger partial charge in [0, 0.05) is 13.3 Å². The molecule has 0 spiro atoms. The summed E-state index contributed by atoms with van der Waals surface area (Å²) in [6.07, 6.45) is 9.52. The molecule has 1 aliphatic carbocycles. The predicted molar refractivity (Wildman–Crippen MR) is 50.1 cm³/mol. The molecule has 1 heteroatoms. The lowest BCUT2D eigenvalue weighted by Crippen LogP contribution is -2.05. The van der Waals surface area contributed by atoms with Crippen molar-refractivity contribution in [2.75, 3.05) is 7.05 Å². The van der Waals surface area contributed by atoms with E-state index in [-0.39, 0.29) is 0 Å². The topological polar surface area (TPSA) is 12.4 Å². The van der Waals surface area contributed by atoms with Crippen LogP contribution in [0.5, 0.6) is 0 Å². The lowest BCUT2D eigenvalue weighted by molar-refractivity contribution is 0.484. The molecule has 0 aromatic carbocycles. The molecule has 0 N–H and O–H groups in total. The molecular formula is C10H17N. The van der Waals surface area contributed by atoms with Gasteiger partial charge in [-0.2, -0.15) is 0 Å². The summed E-state index contributed by atoms with van der Waals surface area (Å²) in [5, 5.41) is 0. The first-order valence-corrected chi connectivity index (χ1v) is 4.46. The maximum absolute atomic E-state index is 3.96. The number of aliphatic imine (C=N–C) groups is 1. The van der Waals surface area contributed by atoms with Crippen molar-refractivity contribution in [3.05, 3.63) is 11.6 Å². The van der Waals surface area contributed by atoms with Crippen molar-refractivity contribution >= 4 is 6.21 Å². The van der Waals surface area contributed by atoms with Crippen LogP contribution < -0.4 is 0 Å². The highest BCUT2D eigenvalue weighted by atomic mass is 14.6. The SMILES string of the molecule is C/N=C\C=C1\CCCCC1C. The van der Waals surface area contributed by atoms with Crippen LogP contribution in [0, 0.1) is 5.92 Å². The second-order valence-corrected chi connectivity index (χ2v) is 3.30. The van der Waals surface area contributed by atoms with Crippen molar-refractivity contribution in [2.45, 2.75) is 32.6 Å². The summed E-state index contributed by atoms with van der Waals surface area (Å²) in [4.78, 5) is 3.96. The van der Waals surface area contributed by atoms with Gasteiger partial charge in [-0.1, -0.05) is 18.9 Å². The van der Waals surface area contributed by atoms with Gasteiger partial charge in [-0.25, -0.2) is 0 Å². The smallest absolute Gasteiger partial charge is 0.0277 e. The fraction of sp³-hybridized carbons (Fsp3) is 0.700. The third kappa shape index (κ3) is 2.49. The van der Waals surface area contributed by atoms with Gasteiger partial charge in [0.25, 0.3) is 0 Å². The Kier molecular flexibility index (Phi) is 3.34. The lowest BCUT2D eigenvalue weighted by Gasteiger charge is -2.20. The molecule has 0 bridgehead atoms. The van der Waals surface area contributed by atoms with Gasteiger partial charge < -0.3 is 0 Å². The zero-order valence-electron chi connectivity index (χ0n) is 7.51. The third-order valence-corrected chi connectivity index (χ3v) is 2.42. The molecule has 0 aliphatic heterocycles. The quantitative estimate of drug-likeness (QED) is 0.511. The Morgan fingerprint density at radius 3 is 2.91 bits per heavy atom. The second-order valence-electron chi connectivity index (χ2n) is 3.30. The largest absolute Gasteiger partial charge is 0.297 e. The van der Waals surface area contributed by atoms with E-state index >= 15 is 0 Å². The highest BCUT2D eigenvalue weighted by molar-refractivity contribution is 5.72. The van der Waals surface area contributed by atoms with Crippen molar-refractivity contribution in [1.29, 1.82) is 0 Å². The maximum Gasteiger partial charge on any atom is 0.0277 e. The van der Waals surface area contributed by atoms with E-state index < -0.39 is 0 Å². The molecule has 1 atom stereocenters. The van der Waals surface area contributed by atoms with Gasteiger partial charge >= 0.3 is 0 Å². The fourth-order valence-corrected chi connectivity index (χ4v) is 1.63. The second kappa shape index (κ2) is 4.32. The highest BCUT2D eigenvalue weighted by Crippen LogP contribution is 2.28. The van der Waals surface area contributed by atoms with E-state index in [1.807, 2.05) is 13.3 Å². The molecule has 0 amide bonds. The minimum Gasteiger partial charge on any atom is -0.297 e. The van der Waals surface area contributed by atoms with Crippen LogP contribution >= 0.6 is 0 Å². The summed E-state index contributed by atoms with van der Waals surface area (Å²) in [5.41, 5.74) is 1.59. The average Bonchev–Trinajstić information content (AvgIpc) is 2.03. The molecule has 1 saturated carbocycles. The Morgan fingerprint density at radius 2 is 2.27 bits per heavy atom. The first kappa shape index (κ1) is 8.51. The van der Waals surface area contributed by atoms with Crippen molar-refractivity contribution in [3.8, 4) is 0 Å². The number of hydrogen-bond donors (Lipinski definition) is 0. The van der Waals surface area contributed by atoms with Crippen LogP contribution in [0.25, 0.3) is 0 Å². The molecule has 1 nitrogen and oxygen atoms in total. The van der Waals surface area contributed by atoms with Gasteiger partial charge in [-0.15, -0.1) is 0 Å². The highest BCUT2D eigenvalue weighted by Gasteiger charge is 2.12. The Labute approximate surface area is 69.2 Å². The summed E-state index contributed by atoms with van der Waals surface area (Å²) >= 11 is 0. The van der Waals surface area contributed by atoms with Gasteiger partial charge in [-0.05, 0) is 31.3 Å². The molecule has 1 fully saturated rings. The number of nitrogens with zero attached hydrogens (tertiary/aromatic N) is 1. The van der Waals surface area contributed by atoms with Gasteiger partial charge in [0.1, 0.15) is 0 Å². The standard InChI is InChI=1S/C10H17N/c1-9-5-3-4-6-10(9)7-8-11-2/h7-9H,3-6H2,1-2H3/b10-7-,11-8-. The summed E-state index contributed by atoms with van der Waals surface area (Å²) < 4.78 is 0. The van der Waals surface area contributed by atoms with Crippen molar-refractivity contribution in [3.63, 3.8) is 0 Å². The van der Waals surface area contributed by atoms with E-state index in [1.165, 1.54) is 25.7 Å². The van der Waals surface area contributed by atoms with Gasteiger partial charge in [0.15, 0.2) is 0 Å². The maximum atomic E-state index is 3.96. The van der Waals surface area contributed by atoms with Crippen LogP contribution in [0.3, 0.4) is 0 Å². The van der Waals surface area contributed by atoms with Crippen LogP contribution in [-0.4, -0.2) is 13.3 Å². The van der Waals surface area contributed by atoms with Crippen LogP contribution in [0.15, 0.2) is 16.6 Å². The minimum atomic E-state index is 0.793. The van der Waals surface area contributed by atoms with Crippen LogP contribution in [0.4, 0.5) is 0 Å². The Hall–Kier alpha value is -0.590. The Balaban J connectivity index is 2.53. The average molecular weight is 151 g/mol. The van der Waals surface area contributed by atoms with E-state index in [1.54, 1.807) is 5.57 Å². The van der Waals surface area contributed by atoms with E-state index in [4.69, 9.17) is 0 Å². The molecule has 1 rings (SSSR count). The molecule has 0 radical (unpaired) electrons. The molecule has 0 heterocycles. The number of allylic oxidation sites excluding steroid dienone is 2. The van der Waals surface area contributed by atoms with Crippen LogP contribution in [0.1, 0.15) is 32.6 Å². The normalized spacial score (nSPS) is 30.0. The fourth-order valence-electron chi connectivity index (χ4n) is 1.63. The molecular weight excluding hydrogens is 134 g/mol. The van der Waals surface area contributed by atoms with E-state index in [0.29, 0.717) is 0 Å². The van der Waals surface area contributed by atoms with E-state index in [0.717, 1.165) is 5.92 Å². The first-order chi connectivity index (χ1) is 5.34. The molecule has 0 aromatic heterocycles. The predicted octanol–water partition coefficient (Wildman–Crippen LogP) is 2.82.